The Balaban J connectivity index is 2.22. The molecule has 2 rings (SSSR count). The van der Waals surface area contributed by atoms with Gasteiger partial charge in [-0.3, -0.25) is 4.79 Å². The number of aliphatic hydroxyl groups excluding tert-OH is 1. The lowest BCUT2D eigenvalue weighted by atomic mass is 10.1. The fourth-order valence-electron chi connectivity index (χ4n) is 2.58. The van der Waals surface area contributed by atoms with E-state index in [1.807, 2.05) is 31.1 Å². The number of rotatable bonds is 3. The molecule has 0 bridgehead atoms. The molecule has 1 N–H and O–H groups in total. The Labute approximate surface area is 133 Å². The van der Waals surface area contributed by atoms with Crippen molar-refractivity contribution in [3.05, 3.63) is 28.2 Å². The summed E-state index contributed by atoms with van der Waals surface area (Å²) < 4.78 is 0.894. The minimum Gasteiger partial charge on any atom is -0.391 e. The molecule has 1 aliphatic rings. The highest BCUT2D eigenvalue weighted by atomic mass is 79.9. The van der Waals surface area contributed by atoms with E-state index in [-0.39, 0.29) is 11.9 Å². The summed E-state index contributed by atoms with van der Waals surface area (Å²) >= 11 is 7.73. The molecular weight excluding hydrogens is 340 g/mol. The predicted octanol–water partition coefficient (Wildman–Crippen LogP) is 1.87. The molecule has 0 spiro atoms. The minimum atomic E-state index is -0.442. The smallest absolute Gasteiger partial charge is 0.255 e. The first-order chi connectivity index (χ1) is 9.38. The standard InChI is InChI=1S/C14H19BrN2O2S/c1-16(2)7-10-6-11(18)8-17(10)14(19)12-4-3-9(15)5-13(12)20/h3-5,10-11,18,20H,6-8H2,1-2H3. The number of halogens is 1. The molecule has 1 fully saturated rings. The van der Waals surface area contributed by atoms with Crippen molar-refractivity contribution in [2.75, 3.05) is 27.2 Å². The number of hydrogen-bond donors (Lipinski definition) is 2. The molecule has 1 aromatic carbocycles. The summed E-state index contributed by atoms with van der Waals surface area (Å²) in [5, 5.41) is 9.85. The van der Waals surface area contributed by atoms with Crippen molar-refractivity contribution in [2.24, 2.45) is 0 Å². The highest BCUT2D eigenvalue weighted by molar-refractivity contribution is 9.10. The number of nitrogens with zero attached hydrogens (tertiary/aromatic N) is 2. The molecule has 0 saturated carbocycles. The molecule has 0 radical (unpaired) electrons. The summed E-state index contributed by atoms with van der Waals surface area (Å²) in [4.78, 5) is 17.1. The van der Waals surface area contributed by atoms with Gasteiger partial charge in [0.15, 0.2) is 0 Å². The second-order valence-corrected chi connectivity index (χ2v) is 6.82. The molecule has 1 aromatic rings. The van der Waals surface area contributed by atoms with Crippen molar-refractivity contribution in [3.63, 3.8) is 0 Å². The lowest BCUT2D eigenvalue weighted by Crippen LogP contribution is -2.41. The van der Waals surface area contributed by atoms with E-state index < -0.39 is 6.10 Å². The number of likely N-dealkylation sites (N-methyl/N-ethyl adjacent to an activating group) is 1. The number of amides is 1. The van der Waals surface area contributed by atoms with E-state index in [9.17, 15) is 9.90 Å². The number of carbonyl (C=O) groups is 1. The van der Waals surface area contributed by atoms with Gasteiger partial charge in [-0.1, -0.05) is 15.9 Å². The van der Waals surface area contributed by atoms with Crippen LogP contribution in [0.25, 0.3) is 0 Å². The molecule has 4 nitrogen and oxygen atoms in total. The number of carbonyl (C=O) groups excluding carboxylic acids is 1. The molecule has 2 unspecified atom stereocenters. The van der Waals surface area contributed by atoms with Crippen molar-refractivity contribution in [3.8, 4) is 0 Å². The summed E-state index contributed by atoms with van der Waals surface area (Å²) in [6.07, 6.45) is 0.185. The highest BCUT2D eigenvalue weighted by Gasteiger charge is 2.35. The first kappa shape index (κ1) is 15.8. The number of benzene rings is 1. The molecular formula is C14H19BrN2O2S. The zero-order valence-electron chi connectivity index (χ0n) is 11.6. The van der Waals surface area contributed by atoms with Gasteiger partial charge in [-0.15, -0.1) is 12.6 Å². The van der Waals surface area contributed by atoms with Crippen LogP contribution in [0.4, 0.5) is 0 Å². The summed E-state index contributed by atoms with van der Waals surface area (Å²) in [6.45, 7) is 1.14. The second-order valence-electron chi connectivity index (χ2n) is 5.42. The Kier molecular flexibility index (Phi) is 5.12. The van der Waals surface area contributed by atoms with E-state index in [1.54, 1.807) is 11.0 Å². The Morgan fingerprint density at radius 2 is 2.25 bits per heavy atom. The molecule has 6 heteroatoms. The van der Waals surface area contributed by atoms with Crippen LogP contribution < -0.4 is 0 Å². The van der Waals surface area contributed by atoms with Gasteiger partial charge in [0.25, 0.3) is 5.91 Å². The largest absolute Gasteiger partial charge is 0.391 e. The lowest BCUT2D eigenvalue weighted by molar-refractivity contribution is 0.0695. The summed E-state index contributed by atoms with van der Waals surface area (Å²) in [5.74, 6) is -0.0640. The van der Waals surface area contributed by atoms with E-state index in [1.165, 1.54) is 0 Å². The monoisotopic (exact) mass is 358 g/mol. The number of β-amino-alcohol motifs (C(OH)–C–C–N with tert-alkyl or cyclic N) is 1. The van der Waals surface area contributed by atoms with Crippen LogP contribution in [0.1, 0.15) is 16.8 Å². The topological polar surface area (TPSA) is 43.8 Å². The third-order valence-electron chi connectivity index (χ3n) is 3.42. The molecule has 1 aliphatic heterocycles. The van der Waals surface area contributed by atoms with Crippen LogP contribution in [0.3, 0.4) is 0 Å². The number of aliphatic hydroxyl groups is 1. The van der Waals surface area contributed by atoms with Crippen LogP contribution in [0.5, 0.6) is 0 Å². The quantitative estimate of drug-likeness (QED) is 0.810. The minimum absolute atomic E-state index is 0.0453. The van der Waals surface area contributed by atoms with Gasteiger partial charge in [0.05, 0.1) is 11.7 Å². The van der Waals surface area contributed by atoms with Gasteiger partial charge in [-0.2, -0.15) is 0 Å². The van der Waals surface area contributed by atoms with Crippen molar-refractivity contribution in [2.45, 2.75) is 23.5 Å². The Morgan fingerprint density at radius 3 is 2.85 bits per heavy atom. The maximum Gasteiger partial charge on any atom is 0.255 e. The highest BCUT2D eigenvalue weighted by Crippen LogP contribution is 2.25. The molecule has 110 valence electrons. The number of hydrogen-bond acceptors (Lipinski definition) is 4. The van der Waals surface area contributed by atoms with Crippen molar-refractivity contribution in [1.82, 2.24) is 9.80 Å². The van der Waals surface area contributed by atoms with Gasteiger partial charge in [0, 0.05) is 28.5 Å². The van der Waals surface area contributed by atoms with E-state index >= 15 is 0 Å². The molecule has 0 aromatic heterocycles. The van der Waals surface area contributed by atoms with Gasteiger partial charge in [0.2, 0.25) is 0 Å². The fraction of sp³-hybridized carbons (Fsp3) is 0.500. The van der Waals surface area contributed by atoms with Crippen LogP contribution in [0.2, 0.25) is 0 Å². The van der Waals surface area contributed by atoms with Crippen LogP contribution in [0.15, 0.2) is 27.6 Å². The molecule has 20 heavy (non-hydrogen) atoms. The molecule has 0 aliphatic carbocycles. The van der Waals surface area contributed by atoms with Gasteiger partial charge in [0.1, 0.15) is 0 Å². The van der Waals surface area contributed by atoms with Gasteiger partial charge < -0.3 is 14.9 Å². The first-order valence-corrected chi connectivity index (χ1v) is 7.74. The zero-order valence-corrected chi connectivity index (χ0v) is 14.1. The average molecular weight is 359 g/mol. The normalized spacial score (nSPS) is 22.6. The Bertz CT molecular complexity index is 510. The maximum absolute atomic E-state index is 12.6. The Morgan fingerprint density at radius 1 is 1.55 bits per heavy atom. The number of thiol groups is 1. The van der Waals surface area contributed by atoms with E-state index in [4.69, 9.17) is 0 Å². The lowest BCUT2D eigenvalue weighted by Gasteiger charge is -2.27. The van der Waals surface area contributed by atoms with E-state index in [0.717, 1.165) is 11.0 Å². The maximum atomic E-state index is 12.6. The summed E-state index contributed by atoms with van der Waals surface area (Å²) in [7, 11) is 3.94. The van der Waals surface area contributed by atoms with Gasteiger partial charge in [-0.05, 0) is 38.7 Å². The van der Waals surface area contributed by atoms with Gasteiger partial charge in [-0.25, -0.2) is 0 Å². The van der Waals surface area contributed by atoms with Gasteiger partial charge >= 0.3 is 0 Å². The molecule has 1 saturated heterocycles. The van der Waals surface area contributed by atoms with Crippen LogP contribution in [0, 0.1) is 0 Å². The Hall–Kier alpha value is -0.560. The molecule has 1 heterocycles. The van der Waals surface area contributed by atoms with Crippen molar-refractivity contribution >= 4 is 34.5 Å². The molecule has 2 atom stereocenters. The van der Waals surface area contributed by atoms with Crippen LogP contribution in [-0.4, -0.2) is 60.1 Å². The third kappa shape index (κ3) is 3.55. The van der Waals surface area contributed by atoms with Crippen molar-refractivity contribution < 1.29 is 9.90 Å². The second kappa shape index (κ2) is 6.47. The van der Waals surface area contributed by atoms with Crippen LogP contribution in [-0.2, 0) is 0 Å². The van der Waals surface area contributed by atoms with E-state index in [2.05, 4.69) is 28.6 Å². The predicted molar refractivity (Wildman–Crippen MR) is 85.4 cm³/mol. The summed E-state index contributed by atoms with van der Waals surface area (Å²) in [6, 6.07) is 5.46. The van der Waals surface area contributed by atoms with Crippen molar-refractivity contribution in [1.29, 1.82) is 0 Å². The average Bonchev–Trinajstić information content (AvgIpc) is 2.68. The SMILES string of the molecule is CN(C)CC1CC(O)CN1C(=O)c1ccc(Br)cc1S. The molecule has 1 amide bonds. The third-order valence-corrected chi connectivity index (χ3v) is 4.28. The zero-order chi connectivity index (χ0) is 14.9. The van der Waals surface area contributed by atoms with Crippen LogP contribution >= 0.6 is 28.6 Å². The van der Waals surface area contributed by atoms with E-state index in [0.29, 0.717) is 23.4 Å². The fourth-order valence-corrected chi connectivity index (χ4v) is 3.42. The number of likely N-dealkylation sites (tertiary alicyclic amines) is 1. The first-order valence-electron chi connectivity index (χ1n) is 6.50. The summed E-state index contributed by atoms with van der Waals surface area (Å²) in [5.41, 5.74) is 0.578.